The molecule has 20 heavy (non-hydrogen) atoms. The summed E-state index contributed by atoms with van der Waals surface area (Å²) in [6, 6.07) is 0.529. The van der Waals surface area contributed by atoms with Crippen LogP contribution in [0.4, 0.5) is 0 Å². The fourth-order valence-corrected chi connectivity index (χ4v) is 3.30. The first kappa shape index (κ1) is 15.5. The number of hydrogen-bond acceptors (Lipinski definition) is 3. The molecule has 1 saturated carbocycles. The van der Waals surface area contributed by atoms with Crippen molar-refractivity contribution in [2.75, 3.05) is 0 Å². The van der Waals surface area contributed by atoms with E-state index in [0.29, 0.717) is 17.4 Å². The molecule has 3 unspecified atom stereocenters. The molecule has 1 aromatic rings. The van der Waals surface area contributed by atoms with Crippen LogP contribution in [0.1, 0.15) is 71.6 Å². The Morgan fingerprint density at radius 3 is 2.45 bits per heavy atom. The molecule has 114 valence electrons. The van der Waals surface area contributed by atoms with Crippen LogP contribution in [0.3, 0.4) is 0 Å². The fraction of sp³-hybridized carbons (Fsp3) is 0.875. The van der Waals surface area contributed by atoms with Crippen LogP contribution >= 0.6 is 0 Å². The fourth-order valence-electron chi connectivity index (χ4n) is 3.30. The average Bonchev–Trinajstić information content (AvgIpc) is 2.81. The number of aryl methyl sites for hydroxylation is 2. The van der Waals surface area contributed by atoms with Gasteiger partial charge in [0.05, 0.1) is 6.04 Å². The highest BCUT2D eigenvalue weighted by molar-refractivity contribution is 4.99. The van der Waals surface area contributed by atoms with E-state index in [4.69, 9.17) is 10.8 Å². The van der Waals surface area contributed by atoms with Gasteiger partial charge in [0.1, 0.15) is 5.82 Å². The van der Waals surface area contributed by atoms with Crippen molar-refractivity contribution in [1.29, 1.82) is 0 Å². The maximum Gasteiger partial charge on any atom is 0.150 e. The molecule has 0 amide bonds. The van der Waals surface area contributed by atoms with Crippen molar-refractivity contribution in [3.05, 3.63) is 11.6 Å². The third-order valence-electron chi connectivity index (χ3n) is 4.79. The third kappa shape index (κ3) is 3.05. The molecule has 3 atom stereocenters. The minimum absolute atomic E-state index is 0.213. The van der Waals surface area contributed by atoms with Crippen molar-refractivity contribution < 1.29 is 0 Å². The molecule has 0 spiro atoms. The van der Waals surface area contributed by atoms with Crippen LogP contribution in [0.5, 0.6) is 0 Å². The molecule has 0 saturated heterocycles. The van der Waals surface area contributed by atoms with Crippen LogP contribution in [0.2, 0.25) is 0 Å². The molecule has 4 nitrogen and oxygen atoms in total. The standard InChI is InChI=1S/C16H30N4/c1-6-14-18-15(7-2)20(19-14)13-10-11(16(3,4)5)8-9-12(13)17/h11-13H,6-10,17H2,1-5H3. The number of nitrogens with two attached hydrogens (primary N) is 1. The smallest absolute Gasteiger partial charge is 0.150 e. The molecule has 1 fully saturated rings. The van der Waals surface area contributed by atoms with Crippen LogP contribution in [-0.4, -0.2) is 20.8 Å². The van der Waals surface area contributed by atoms with Crippen LogP contribution < -0.4 is 5.73 Å². The zero-order chi connectivity index (χ0) is 14.9. The molecule has 0 radical (unpaired) electrons. The Labute approximate surface area is 123 Å². The van der Waals surface area contributed by atoms with Gasteiger partial charge in [0.15, 0.2) is 5.82 Å². The van der Waals surface area contributed by atoms with E-state index in [1.54, 1.807) is 0 Å². The molecule has 1 aliphatic rings. The normalized spacial score (nSPS) is 27.8. The largest absolute Gasteiger partial charge is 0.326 e. The Hall–Kier alpha value is -0.900. The number of aromatic nitrogens is 3. The van der Waals surface area contributed by atoms with Gasteiger partial charge in [-0.15, -0.1) is 0 Å². The lowest BCUT2D eigenvalue weighted by molar-refractivity contribution is 0.123. The van der Waals surface area contributed by atoms with Gasteiger partial charge in [-0.05, 0) is 30.6 Å². The molecule has 0 aromatic carbocycles. The van der Waals surface area contributed by atoms with E-state index in [1.807, 2.05) is 0 Å². The summed E-state index contributed by atoms with van der Waals surface area (Å²) in [6.07, 6.45) is 5.28. The summed E-state index contributed by atoms with van der Waals surface area (Å²) in [4.78, 5) is 4.64. The predicted molar refractivity (Wildman–Crippen MR) is 82.6 cm³/mol. The molecule has 0 aliphatic heterocycles. The summed E-state index contributed by atoms with van der Waals surface area (Å²) in [5, 5.41) is 4.72. The first-order valence-corrected chi connectivity index (χ1v) is 8.06. The third-order valence-corrected chi connectivity index (χ3v) is 4.79. The molecule has 1 heterocycles. The summed E-state index contributed by atoms with van der Waals surface area (Å²) in [7, 11) is 0. The Bertz CT molecular complexity index is 444. The van der Waals surface area contributed by atoms with Crippen molar-refractivity contribution in [3.63, 3.8) is 0 Å². The second-order valence-electron chi connectivity index (χ2n) is 7.20. The van der Waals surface area contributed by atoms with Gasteiger partial charge in [0.2, 0.25) is 0 Å². The van der Waals surface area contributed by atoms with E-state index in [0.717, 1.165) is 37.3 Å². The molecular formula is C16H30N4. The zero-order valence-electron chi connectivity index (χ0n) is 13.7. The molecule has 1 aromatic heterocycles. The summed E-state index contributed by atoms with van der Waals surface area (Å²) < 4.78 is 2.14. The van der Waals surface area contributed by atoms with Gasteiger partial charge in [-0.3, -0.25) is 0 Å². The maximum atomic E-state index is 6.40. The lowest BCUT2D eigenvalue weighted by Gasteiger charge is -2.40. The Morgan fingerprint density at radius 1 is 1.20 bits per heavy atom. The highest BCUT2D eigenvalue weighted by Crippen LogP contribution is 2.41. The molecular weight excluding hydrogens is 248 g/mol. The average molecular weight is 278 g/mol. The lowest BCUT2D eigenvalue weighted by atomic mass is 9.70. The van der Waals surface area contributed by atoms with Gasteiger partial charge >= 0.3 is 0 Å². The van der Waals surface area contributed by atoms with Crippen molar-refractivity contribution in [2.45, 2.75) is 78.8 Å². The monoisotopic (exact) mass is 278 g/mol. The molecule has 1 aliphatic carbocycles. The quantitative estimate of drug-likeness (QED) is 0.924. The Morgan fingerprint density at radius 2 is 1.90 bits per heavy atom. The van der Waals surface area contributed by atoms with Gasteiger partial charge in [-0.2, -0.15) is 5.10 Å². The summed E-state index contributed by atoms with van der Waals surface area (Å²) in [5.41, 5.74) is 6.75. The van der Waals surface area contributed by atoms with Crippen molar-refractivity contribution >= 4 is 0 Å². The van der Waals surface area contributed by atoms with Gasteiger partial charge < -0.3 is 5.73 Å². The van der Waals surface area contributed by atoms with Crippen LogP contribution in [0.25, 0.3) is 0 Å². The van der Waals surface area contributed by atoms with E-state index in [9.17, 15) is 0 Å². The first-order valence-electron chi connectivity index (χ1n) is 8.06. The molecule has 0 bridgehead atoms. The second kappa shape index (κ2) is 5.84. The van der Waals surface area contributed by atoms with Gasteiger partial charge in [-0.25, -0.2) is 9.67 Å². The van der Waals surface area contributed by atoms with Crippen molar-refractivity contribution in [3.8, 4) is 0 Å². The van der Waals surface area contributed by atoms with Crippen molar-refractivity contribution in [1.82, 2.24) is 14.8 Å². The molecule has 2 rings (SSSR count). The number of nitrogens with zero attached hydrogens (tertiary/aromatic N) is 3. The van der Waals surface area contributed by atoms with Gasteiger partial charge in [0, 0.05) is 18.9 Å². The van der Waals surface area contributed by atoms with Crippen LogP contribution in [0, 0.1) is 11.3 Å². The number of rotatable bonds is 3. The van der Waals surface area contributed by atoms with Crippen molar-refractivity contribution in [2.24, 2.45) is 17.1 Å². The SMILES string of the molecule is CCc1nc(CC)n(C2CC(C(C)(C)C)CCC2N)n1. The summed E-state index contributed by atoms with van der Waals surface area (Å²) in [5.74, 6) is 2.76. The highest BCUT2D eigenvalue weighted by atomic mass is 15.4. The van der Waals surface area contributed by atoms with E-state index in [-0.39, 0.29) is 6.04 Å². The van der Waals surface area contributed by atoms with E-state index in [2.05, 4.69) is 44.3 Å². The van der Waals surface area contributed by atoms with E-state index < -0.39 is 0 Å². The van der Waals surface area contributed by atoms with Gasteiger partial charge in [0.25, 0.3) is 0 Å². The molecule has 2 N–H and O–H groups in total. The predicted octanol–water partition coefficient (Wildman–Crippen LogP) is 3.12. The highest BCUT2D eigenvalue weighted by Gasteiger charge is 2.36. The van der Waals surface area contributed by atoms with Gasteiger partial charge in [-0.1, -0.05) is 34.6 Å². The van der Waals surface area contributed by atoms with E-state index in [1.165, 1.54) is 6.42 Å². The van der Waals surface area contributed by atoms with Crippen LogP contribution in [0.15, 0.2) is 0 Å². The number of hydrogen-bond donors (Lipinski definition) is 1. The second-order valence-corrected chi connectivity index (χ2v) is 7.20. The summed E-state index contributed by atoms with van der Waals surface area (Å²) in [6.45, 7) is 11.3. The van der Waals surface area contributed by atoms with E-state index >= 15 is 0 Å². The Balaban J connectivity index is 2.27. The molecule has 4 heteroatoms. The lowest BCUT2D eigenvalue weighted by Crippen LogP contribution is -2.41. The summed E-state index contributed by atoms with van der Waals surface area (Å²) >= 11 is 0. The minimum atomic E-state index is 0.213. The Kier molecular flexibility index (Phi) is 4.52. The first-order chi connectivity index (χ1) is 9.36. The zero-order valence-corrected chi connectivity index (χ0v) is 13.7. The topological polar surface area (TPSA) is 56.7 Å². The maximum absolute atomic E-state index is 6.40. The minimum Gasteiger partial charge on any atom is -0.326 e. The van der Waals surface area contributed by atoms with Crippen LogP contribution in [-0.2, 0) is 12.8 Å².